The number of aliphatic carboxylic acids is 1. The van der Waals surface area contributed by atoms with Crippen LogP contribution in [0, 0.1) is 5.92 Å². The lowest BCUT2D eigenvalue weighted by Gasteiger charge is -2.54. The van der Waals surface area contributed by atoms with Crippen molar-refractivity contribution in [3.8, 4) is 23.0 Å². The van der Waals surface area contributed by atoms with E-state index in [4.69, 9.17) is 9.47 Å². The van der Waals surface area contributed by atoms with Gasteiger partial charge in [0.1, 0.15) is 12.5 Å². The van der Waals surface area contributed by atoms with Crippen LogP contribution in [-0.2, 0) is 30.3 Å². The van der Waals surface area contributed by atoms with Gasteiger partial charge in [0.05, 0.1) is 0 Å². The Kier molecular flexibility index (Phi) is 10.9. The molecule has 6 unspecified atom stereocenters. The first-order valence-electron chi connectivity index (χ1n) is 14.8. The summed E-state index contributed by atoms with van der Waals surface area (Å²) in [6.07, 6.45) is -6.84. The Morgan fingerprint density at radius 3 is 2.16 bits per heavy atom. The zero-order valence-electron chi connectivity index (χ0n) is 26.0. The van der Waals surface area contributed by atoms with Gasteiger partial charge in [-0.1, -0.05) is 36.4 Å². The average Bonchev–Trinajstić information content (AvgIpc) is 3.06. The van der Waals surface area contributed by atoms with Crippen LogP contribution in [0.25, 0.3) is 6.08 Å². The molecule has 9 N–H and O–H groups in total. The smallest absolute Gasteiger partial charge is 0.336 e. The van der Waals surface area contributed by atoms with Gasteiger partial charge in [-0.25, -0.2) is 9.59 Å². The predicted octanol–water partition coefficient (Wildman–Crippen LogP) is 0.966. The number of likely N-dealkylation sites (N-methyl/N-ethyl adjacent to an activating group) is 1. The highest BCUT2D eigenvalue weighted by Gasteiger charge is 2.69. The number of hydrogen-bond acceptors (Lipinski definition) is 14. The third kappa shape index (κ3) is 7.65. The number of carboxylic acid groups (broad SMARTS) is 1. The molecule has 0 radical (unpaired) electrons. The van der Waals surface area contributed by atoms with E-state index in [0.717, 1.165) is 42.5 Å². The second kappa shape index (κ2) is 14.7. The fourth-order valence-corrected chi connectivity index (χ4v) is 5.80. The number of aliphatic hydroxyl groups excluding tert-OH is 2. The fraction of sp³-hybridized carbons (Fsp3) is 0.294. The van der Waals surface area contributed by atoms with E-state index in [0.29, 0.717) is 5.56 Å². The first-order valence-corrected chi connectivity index (χ1v) is 14.8. The maximum atomic E-state index is 13.4. The molecule has 0 amide bonds. The van der Waals surface area contributed by atoms with Crippen molar-refractivity contribution in [2.24, 2.45) is 5.92 Å². The molecule has 0 heterocycles. The van der Waals surface area contributed by atoms with E-state index in [-0.39, 0.29) is 17.5 Å². The molecular formula is C34H35NO14. The van der Waals surface area contributed by atoms with Crippen LogP contribution in [0.3, 0.4) is 0 Å². The number of carboxylic acids is 1. The predicted molar refractivity (Wildman–Crippen MR) is 168 cm³/mol. The molecule has 1 aliphatic carbocycles. The summed E-state index contributed by atoms with van der Waals surface area (Å²) in [6, 6.07) is 14.7. The minimum absolute atomic E-state index is 0.211. The van der Waals surface area contributed by atoms with Gasteiger partial charge in [-0.3, -0.25) is 14.9 Å². The first kappa shape index (κ1) is 36.4. The van der Waals surface area contributed by atoms with Crippen LogP contribution < -0.4 is 5.32 Å². The summed E-state index contributed by atoms with van der Waals surface area (Å²) < 4.78 is 11.3. The van der Waals surface area contributed by atoms with Gasteiger partial charge in [0.2, 0.25) is 5.60 Å². The molecule has 0 bridgehead atoms. The third-order valence-electron chi connectivity index (χ3n) is 8.37. The van der Waals surface area contributed by atoms with Gasteiger partial charge in [-0.15, -0.1) is 0 Å². The number of phenolic OH excluding ortho intramolecular Hbond substituents is 4. The largest absolute Gasteiger partial charge is 0.504 e. The van der Waals surface area contributed by atoms with E-state index in [9.17, 15) is 60.0 Å². The molecule has 15 heteroatoms. The Morgan fingerprint density at radius 2 is 1.57 bits per heavy atom. The lowest BCUT2D eigenvalue weighted by molar-refractivity contribution is -0.285. The number of ether oxygens (including phenoxy) is 2. The van der Waals surface area contributed by atoms with Crippen LogP contribution >= 0.6 is 0 Å². The number of ketones is 1. The standard InChI is InChI=1S/C34H35NO14/c1-35-31(44)34(49-28(42)12-8-19-7-10-22(36)25(39)14-19)27(41)17-33(47,32(45)46)21(13-18-5-3-2-4-6-18)30(34)48-29(43)16-24(38)20-9-11-23(37)26(40)15-20/h2-12,14-15,21,27,30-31,35-37,39-41,44,47H,13,16-17H2,1H3,(H,45,46). The number of aliphatic hydroxyl groups is 3. The van der Waals surface area contributed by atoms with Gasteiger partial charge >= 0.3 is 17.9 Å². The number of rotatable bonds is 12. The van der Waals surface area contributed by atoms with Gasteiger partial charge in [0, 0.05) is 24.0 Å². The SMILES string of the molecule is CNC(O)C1(OC(=O)C=Cc2ccc(O)c(O)c2)C(O)CC(O)(C(=O)O)C(Cc2ccccc2)C1OC(=O)CC(=O)c1ccc(O)c(O)c1. The van der Waals surface area contributed by atoms with Gasteiger partial charge < -0.3 is 50.3 Å². The highest BCUT2D eigenvalue weighted by Crippen LogP contribution is 2.47. The molecule has 0 aliphatic heterocycles. The van der Waals surface area contributed by atoms with Crippen LogP contribution in [-0.4, -0.2) is 101 Å². The minimum Gasteiger partial charge on any atom is -0.504 e. The highest BCUT2D eigenvalue weighted by molar-refractivity contribution is 6.06. The molecule has 3 aromatic rings. The number of phenols is 4. The van der Waals surface area contributed by atoms with Crippen molar-refractivity contribution in [2.45, 2.75) is 48.9 Å². The number of carbonyl (C=O) groups is 4. The Hall–Kier alpha value is -5.48. The van der Waals surface area contributed by atoms with Crippen LogP contribution in [0.4, 0.5) is 0 Å². The Bertz CT molecular complexity index is 1740. The maximum Gasteiger partial charge on any atom is 0.336 e. The monoisotopic (exact) mass is 681 g/mol. The summed E-state index contributed by atoms with van der Waals surface area (Å²) in [5, 5.41) is 85.8. The maximum absolute atomic E-state index is 13.4. The zero-order chi connectivity index (χ0) is 36.1. The number of Topliss-reactive ketones (excluding diaryl/α,β-unsaturated/α-hetero) is 1. The molecule has 6 atom stereocenters. The molecule has 15 nitrogen and oxygen atoms in total. The molecule has 1 fully saturated rings. The van der Waals surface area contributed by atoms with Crippen molar-refractivity contribution in [2.75, 3.05) is 7.05 Å². The summed E-state index contributed by atoms with van der Waals surface area (Å²) in [4.78, 5) is 52.3. The van der Waals surface area contributed by atoms with E-state index in [2.05, 4.69) is 5.32 Å². The molecule has 49 heavy (non-hydrogen) atoms. The van der Waals surface area contributed by atoms with Crippen molar-refractivity contribution in [3.05, 3.63) is 89.5 Å². The van der Waals surface area contributed by atoms with Crippen LogP contribution in [0.2, 0.25) is 0 Å². The van der Waals surface area contributed by atoms with Crippen molar-refractivity contribution in [3.63, 3.8) is 0 Å². The van der Waals surface area contributed by atoms with Gasteiger partial charge in [0.25, 0.3) is 0 Å². The second-order valence-corrected chi connectivity index (χ2v) is 11.5. The molecule has 0 spiro atoms. The average molecular weight is 682 g/mol. The van der Waals surface area contributed by atoms with E-state index >= 15 is 0 Å². The van der Waals surface area contributed by atoms with Gasteiger partial charge in [0.15, 0.2) is 46.7 Å². The highest BCUT2D eigenvalue weighted by atomic mass is 16.6. The van der Waals surface area contributed by atoms with E-state index < -0.39 is 95.1 Å². The molecule has 3 aromatic carbocycles. The van der Waals surface area contributed by atoms with Crippen LogP contribution in [0.1, 0.15) is 34.3 Å². The summed E-state index contributed by atoms with van der Waals surface area (Å²) >= 11 is 0. The van der Waals surface area contributed by atoms with Gasteiger partial charge in [-0.05, 0) is 61.0 Å². The minimum atomic E-state index is -2.84. The molecule has 1 aliphatic rings. The molecule has 1 saturated carbocycles. The van der Waals surface area contributed by atoms with E-state index in [1.165, 1.54) is 13.1 Å². The number of aromatic hydroxyl groups is 4. The molecule has 0 saturated heterocycles. The molecule has 260 valence electrons. The first-order chi connectivity index (χ1) is 23.1. The molecule has 0 aromatic heterocycles. The van der Waals surface area contributed by atoms with Crippen LogP contribution in [0.5, 0.6) is 23.0 Å². The number of hydrogen-bond donors (Lipinski definition) is 9. The van der Waals surface area contributed by atoms with Crippen molar-refractivity contribution in [1.29, 1.82) is 0 Å². The second-order valence-electron chi connectivity index (χ2n) is 11.5. The van der Waals surface area contributed by atoms with E-state index in [1.807, 2.05) is 0 Å². The number of carbonyl (C=O) groups excluding carboxylic acids is 3. The third-order valence-corrected chi connectivity index (χ3v) is 8.37. The summed E-state index contributed by atoms with van der Waals surface area (Å²) in [6.45, 7) is 0. The Balaban J connectivity index is 1.80. The van der Waals surface area contributed by atoms with Crippen molar-refractivity contribution in [1.82, 2.24) is 5.32 Å². The zero-order valence-corrected chi connectivity index (χ0v) is 26.0. The van der Waals surface area contributed by atoms with Crippen molar-refractivity contribution >= 4 is 29.8 Å². The summed E-state index contributed by atoms with van der Waals surface area (Å²) in [7, 11) is 1.20. The number of nitrogens with one attached hydrogen (secondary N) is 1. The normalized spacial score (nSPS) is 24.2. The topological polar surface area (TPSA) is 261 Å². The fourth-order valence-electron chi connectivity index (χ4n) is 5.80. The lowest BCUT2D eigenvalue weighted by atomic mass is 9.62. The van der Waals surface area contributed by atoms with E-state index in [1.54, 1.807) is 30.3 Å². The molecular weight excluding hydrogens is 646 g/mol. The Morgan fingerprint density at radius 1 is 0.939 bits per heavy atom. The number of benzene rings is 3. The Labute approximate surface area is 278 Å². The summed E-state index contributed by atoms with van der Waals surface area (Å²) in [5.74, 6) is -9.17. The summed E-state index contributed by atoms with van der Waals surface area (Å²) in [5.41, 5.74) is -5.12. The number of esters is 2. The molecule has 4 rings (SSSR count). The van der Waals surface area contributed by atoms with Gasteiger partial charge in [-0.2, -0.15) is 0 Å². The lowest BCUT2D eigenvalue weighted by Crippen LogP contribution is -2.76. The van der Waals surface area contributed by atoms with Crippen LogP contribution in [0.15, 0.2) is 72.8 Å². The van der Waals surface area contributed by atoms with Crippen molar-refractivity contribution < 1.29 is 69.5 Å². The quantitative estimate of drug-likeness (QED) is 0.0322.